The minimum atomic E-state index is -4.53. The average molecular weight is 442 g/mol. The Morgan fingerprint density at radius 2 is 1.65 bits per heavy atom. The molecule has 0 aliphatic carbocycles. The first kappa shape index (κ1) is 21.3. The summed E-state index contributed by atoms with van der Waals surface area (Å²) in [5, 5.41) is 5.03. The van der Waals surface area contributed by atoms with E-state index in [4.69, 9.17) is 0 Å². The van der Waals surface area contributed by atoms with Crippen molar-refractivity contribution in [3.63, 3.8) is 0 Å². The molecule has 0 atom stereocenters. The number of carbonyl (C=O) groups is 2. The molecule has 9 nitrogen and oxygen atoms in total. The zero-order chi connectivity index (χ0) is 22.2. The third-order valence-electron chi connectivity index (χ3n) is 5.46. The first-order valence-corrected chi connectivity index (χ1v) is 11.4. The number of hydrogen-bond acceptors (Lipinski definition) is 6. The lowest BCUT2D eigenvalue weighted by atomic mass is 9.95. The number of carbonyl (C=O) groups excluding carboxylic acids is 2. The van der Waals surface area contributed by atoms with Crippen molar-refractivity contribution in [2.75, 3.05) is 43.4 Å². The number of amides is 2. The summed E-state index contributed by atoms with van der Waals surface area (Å²) in [5.74, 6) is -1.24. The normalized spacial score (nSPS) is 18.7. The molecular weight excluding hydrogens is 419 g/mol. The van der Waals surface area contributed by atoms with Crippen LogP contribution in [0.1, 0.15) is 15.9 Å². The van der Waals surface area contributed by atoms with Gasteiger partial charge in [0.25, 0.3) is 11.8 Å². The highest BCUT2D eigenvalue weighted by molar-refractivity contribution is 7.60. The summed E-state index contributed by atoms with van der Waals surface area (Å²) in [4.78, 5) is 48.0. The summed E-state index contributed by atoms with van der Waals surface area (Å²) < 4.78 is 11.6. The van der Waals surface area contributed by atoms with E-state index in [0.717, 1.165) is 37.6 Å². The fourth-order valence-electron chi connectivity index (χ4n) is 3.63. The van der Waals surface area contributed by atoms with Gasteiger partial charge in [-0.25, -0.2) is 0 Å². The van der Waals surface area contributed by atoms with Crippen LogP contribution in [0.15, 0.2) is 48.7 Å². The summed E-state index contributed by atoms with van der Waals surface area (Å²) in [6.07, 6.45) is 1.44. The summed E-state index contributed by atoms with van der Waals surface area (Å²) in [6.45, 7) is 3.94. The molecule has 1 saturated heterocycles. The van der Waals surface area contributed by atoms with Crippen molar-refractivity contribution in [3.05, 3.63) is 59.8 Å². The quantitative estimate of drug-likeness (QED) is 0.314. The molecule has 31 heavy (non-hydrogen) atoms. The molecule has 2 amide bonds. The largest absolute Gasteiger partial charge is 0.369 e. The first-order valence-electron chi connectivity index (χ1n) is 9.79. The number of imide groups is 1. The van der Waals surface area contributed by atoms with Crippen molar-refractivity contribution in [1.29, 1.82) is 0 Å². The molecule has 162 valence electrons. The molecule has 2 aliphatic heterocycles. The molecule has 0 unspecified atom stereocenters. The van der Waals surface area contributed by atoms with Gasteiger partial charge in [0.2, 0.25) is 0 Å². The lowest BCUT2D eigenvalue weighted by Gasteiger charge is -2.34. The SMILES string of the molecule is CN1CCN(c2ccc(NC=C3C(=O)NC(=O)c4ccc(P(=O)(O)O)cc43)cc2)CC1. The van der Waals surface area contributed by atoms with Crippen LogP contribution in [0.25, 0.3) is 5.57 Å². The fraction of sp³-hybridized carbons (Fsp3) is 0.238. The Hall–Kier alpha value is -2.97. The van der Waals surface area contributed by atoms with Gasteiger partial charge in [-0.2, -0.15) is 0 Å². The number of likely N-dealkylation sites (N-methyl/N-ethyl adjacent to an activating group) is 1. The van der Waals surface area contributed by atoms with Gasteiger partial charge in [-0.15, -0.1) is 0 Å². The number of fused-ring (bicyclic) bond motifs is 1. The van der Waals surface area contributed by atoms with Crippen LogP contribution in [0.3, 0.4) is 0 Å². The Morgan fingerprint density at radius 1 is 0.968 bits per heavy atom. The van der Waals surface area contributed by atoms with Crippen LogP contribution in [0.5, 0.6) is 0 Å². The molecule has 2 heterocycles. The van der Waals surface area contributed by atoms with Crippen molar-refractivity contribution in [2.24, 2.45) is 0 Å². The number of nitrogens with one attached hydrogen (secondary N) is 2. The Balaban J connectivity index is 1.57. The molecule has 4 rings (SSSR count). The molecule has 2 aliphatic rings. The Morgan fingerprint density at radius 3 is 2.29 bits per heavy atom. The lowest BCUT2D eigenvalue weighted by Crippen LogP contribution is -2.44. The van der Waals surface area contributed by atoms with E-state index in [1.54, 1.807) is 0 Å². The Labute approximate surface area is 179 Å². The van der Waals surface area contributed by atoms with Crippen molar-refractivity contribution in [2.45, 2.75) is 0 Å². The highest BCUT2D eigenvalue weighted by Gasteiger charge is 2.29. The molecule has 0 spiro atoms. The molecule has 0 aromatic heterocycles. The molecule has 4 N–H and O–H groups in total. The highest BCUT2D eigenvalue weighted by atomic mass is 31.2. The van der Waals surface area contributed by atoms with E-state index >= 15 is 0 Å². The number of rotatable bonds is 4. The predicted molar refractivity (Wildman–Crippen MR) is 118 cm³/mol. The van der Waals surface area contributed by atoms with Gasteiger partial charge in [-0.05, 0) is 49.5 Å². The maximum absolute atomic E-state index is 12.4. The molecule has 1 fully saturated rings. The number of anilines is 2. The van der Waals surface area contributed by atoms with E-state index in [2.05, 4.69) is 27.5 Å². The smallest absolute Gasteiger partial charge is 0.356 e. The zero-order valence-corrected chi connectivity index (χ0v) is 17.8. The maximum Gasteiger partial charge on any atom is 0.356 e. The van der Waals surface area contributed by atoms with Crippen LogP contribution in [0, 0.1) is 0 Å². The second kappa shape index (κ2) is 8.28. The van der Waals surface area contributed by atoms with E-state index in [9.17, 15) is 23.9 Å². The van der Waals surface area contributed by atoms with Gasteiger partial charge in [0.1, 0.15) is 0 Å². The molecule has 2 aromatic rings. The van der Waals surface area contributed by atoms with Gasteiger partial charge in [-0.3, -0.25) is 19.5 Å². The van der Waals surface area contributed by atoms with E-state index < -0.39 is 19.4 Å². The third-order valence-corrected chi connectivity index (χ3v) is 6.42. The van der Waals surface area contributed by atoms with Crippen molar-refractivity contribution in [3.8, 4) is 0 Å². The standard InChI is InChI=1S/C21H23N4O5P/c1-24-8-10-25(11-9-24)15-4-2-14(3-5-15)22-13-19-18-12-16(31(28,29)30)6-7-17(18)20(26)23-21(19)27/h2-7,12-13,22H,8-11H2,1H3,(H,23,26,27)(H2,28,29,30). The van der Waals surface area contributed by atoms with Crippen molar-refractivity contribution >= 4 is 41.7 Å². The Kier molecular flexibility index (Phi) is 5.68. The van der Waals surface area contributed by atoms with Crippen LogP contribution >= 0.6 is 7.60 Å². The van der Waals surface area contributed by atoms with Crippen LogP contribution in [0.2, 0.25) is 0 Å². The summed E-state index contributed by atoms with van der Waals surface area (Å²) >= 11 is 0. The third kappa shape index (κ3) is 4.55. The minimum Gasteiger partial charge on any atom is -0.369 e. The van der Waals surface area contributed by atoms with E-state index in [0.29, 0.717) is 0 Å². The van der Waals surface area contributed by atoms with Gasteiger partial charge in [-0.1, -0.05) is 0 Å². The van der Waals surface area contributed by atoms with E-state index in [-0.39, 0.29) is 22.0 Å². The van der Waals surface area contributed by atoms with E-state index in [1.165, 1.54) is 24.4 Å². The monoisotopic (exact) mass is 442 g/mol. The van der Waals surface area contributed by atoms with Gasteiger partial charge in [0.15, 0.2) is 0 Å². The van der Waals surface area contributed by atoms with Crippen LogP contribution in [-0.4, -0.2) is 59.7 Å². The van der Waals surface area contributed by atoms with Crippen molar-refractivity contribution < 1.29 is 23.9 Å². The lowest BCUT2D eigenvalue weighted by molar-refractivity contribution is -0.114. The molecule has 10 heteroatoms. The maximum atomic E-state index is 12.4. The summed E-state index contributed by atoms with van der Waals surface area (Å²) in [5.41, 5.74) is 2.33. The molecular formula is C21H23N4O5P. The second-order valence-corrected chi connectivity index (χ2v) is 9.20. The summed E-state index contributed by atoms with van der Waals surface area (Å²) in [7, 11) is -2.42. The zero-order valence-electron chi connectivity index (χ0n) is 16.9. The average Bonchev–Trinajstić information content (AvgIpc) is 2.73. The van der Waals surface area contributed by atoms with Gasteiger partial charge in [0, 0.05) is 54.9 Å². The Bertz CT molecular complexity index is 1100. The highest BCUT2D eigenvalue weighted by Crippen LogP contribution is 2.35. The molecule has 0 bridgehead atoms. The summed E-state index contributed by atoms with van der Waals surface area (Å²) in [6, 6.07) is 11.5. The topological polar surface area (TPSA) is 122 Å². The minimum absolute atomic E-state index is 0.119. The number of nitrogens with zero attached hydrogens (tertiary/aromatic N) is 2. The predicted octanol–water partition coefficient (Wildman–Crippen LogP) is 0.964. The number of benzene rings is 2. The van der Waals surface area contributed by atoms with Gasteiger partial charge < -0.3 is 24.9 Å². The fourth-order valence-corrected chi connectivity index (χ4v) is 4.19. The van der Waals surface area contributed by atoms with Crippen molar-refractivity contribution in [1.82, 2.24) is 10.2 Å². The van der Waals surface area contributed by atoms with Crippen LogP contribution in [-0.2, 0) is 9.36 Å². The van der Waals surface area contributed by atoms with Crippen LogP contribution < -0.4 is 20.8 Å². The molecule has 0 radical (unpaired) electrons. The number of piperazine rings is 1. The van der Waals surface area contributed by atoms with Gasteiger partial charge in [0.05, 0.1) is 10.9 Å². The van der Waals surface area contributed by atoms with Gasteiger partial charge >= 0.3 is 7.60 Å². The first-order chi connectivity index (χ1) is 14.7. The van der Waals surface area contributed by atoms with E-state index in [1.807, 2.05) is 24.3 Å². The second-order valence-electron chi connectivity index (χ2n) is 7.60. The molecule has 2 aromatic carbocycles. The number of hydrogen-bond donors (Lipinski definition) is 4. The van der Waals surface area contributed by atoms with Crippen LogP contribution in [0.4, 0.5) is 11.4 Å². The molecule has 0 saturated carbocycles.